The smallest absolute Gasteiger partial charge is 0.326 e. The van der Waals surface area contributed by atoms with Crippen LogP contribution in [0.15, 0.2) is 47.4 Å². The third-order valence-corrected chi connectivity index (χ3v) is 10.2. The van der Waals surface area contributed by atoms with Crippen LogP contribution in [0.2, 0.25) is 5.02 Å². The first-order chi connectivity index (χ1) is 18.9. The fourth-order valence-electron chi connectivity index (χ4n) is 4.18. The van der Waals surface area contributed by atoms with Crippen LogP contribution in [0.1, 0.15) is 29.3 Å². The topological polar surface area (TPSA) is 156 Å². The van der Waals surface area contributed by atoms with Crippen LogP contribution in [0.4, 0.5) is 0 Å². The number of rotatable bonds is 13. The second kappa shape index (κ2) is 14.4. The third-order valence-electron chi connectivity index (χ3n) is 6.29. The van der Waals surface area contributed by atoms with Gasteiger partial charge in [-0.3, -0.25) is 9.59 Å². The van der Waals surface area contributed by atoms with Gasteiger partial charge in [-0.15, -0.1) is 0 Å². The predicted octanol–water partition coefficient (Wildman–Crippen LogP) is 3.08. The summed E-state index contributed by atoms with van der Waals surface area (Å²) < 4.78 is 28.4. The molecule has 2 aromatic carbocycles. The average Bonchev–Trinajstić information content (AvgIpc) is 3.35. The van der Waals surface area contributed by atoms with Crippen molar-refractivity contribution in [1.29, 1.82) is 0 Å². The quantitative estimate of drug-likeness (QED) is 0.283. The molecule has 0 aromatic heterocycles. The lowest BCUT2D eigenvalue weighted by atomic mass is 10.1. The number of methoxy groups -OCH3 is 1. The van der Waals surface area contributed by atoms with E-state index in [-0.39, 0.29) is 39.1 Å². The number of halogens is 1. The van der Waals surface area contributed by atoms with Gasteiger partial charge < -0.3 is 20.1 Å². The van der Waals surface area contributed by atoms with Crippen LogP contribution in [0.3, 0.4) is 0 Å². The van der Waals surface area contributed by atoms with E-state index >= 15 is 0 Å². The van der Waals surface area contributed by atoms with E-state index in [0.29, 0.717) is 24.5 Å². The summed E-state index contributed by atoms with van der Waals surface area (Å²) in [4.78, 5) is 38.6. The maximum Gasteiger partial charge on any atom is 0.326 e. The second-order valence-electron chi connectivity index (χ2n) is 9.28. The van der Waals surface area contributed by atoms with Gasteiger partial charge in [0.15, 0.2) is 0 Å². The number of nitrogens with zero attached hydrogens (tertiary/aromatic N) is 1. The predicted molar refractivity (Wildman–Crippen MR) is 157 cm³/mol. The number of carbonyl (C=O) groups excluding carboxylic acids is 2. The molecule has 1 fully saturated rings. The fourth-order valence-corrected chi connectivity index (χ4v) is 7.43. The first kappa shape index (κ1) is 32.1. The molecule has 0 radical (unpaired) electrons. The van der Waals surface area contributed by atoms with Gasteiger partial charge in [-0.25, -0.2) is 18.4 Å². The molecule has 1 saturated heterocycles. The molecule has 1 aliphatic heterocycles. The molecule has 0 spiro atoms. The number of carbonyl (C=O) groups is 3. The summed E-state index contributed by atoms with van der Waals surface area (Å²) in [7, 11) is -2.47. The molecule has 2 aromatic rings. The Morgan fingerprint density at radius 1 is 1.23 bits per heavy atom. The van der Waals surface area contributed by atoms with Gasteiger partial charge in [0.25, 0.3) is 5.91 Å². The van der Waals surface area contributed by atoms with Gasteiger partial charge in [0.05, 0.1) is 12.1 Å². The highest BCUT2D eigenvalue weighted by molar-refractivity contribution is 8.00. The number of likely N-dealkylation sites (tertiary alicyclic amines) is 1. The van der Waals surface area contributed by atoms with Gasteiger partial charge in [0.2, 0.25) is 15.9 Å². The number of nitrogens with two attached hydrogens (primary N) is 1. The molecule has 3 atom stereocenters. The number of aliphatic carboxylic acids is 1. The maximum atomic E-state index is 13.1. The van der Waals surface area contributed by atoms with Crippen molar-refractivity contribution in [3.8, 4) is 5.75 Å². The van der Waals surface area contributed by atoms with Gasteiger partial charge >= 0.3 is 5.97 Å². The monoisotopic (exact) mass is 629 g/mol. The minimum absolute atomic E-state index is 0.0759. The van der Waals surface area contributed by atoms with Crippen LogP contribution in [0, 0.1) is 5.92 Å². The Labute approximate surface area is 247 Å². The summed E-state index contributed by atoms with van der Waals surface area (Å²) in [6.07, 6.45) is 0.320. The van der Waals surface area contributed by atoms with E-state index in [1.165, 1.54) is 28.8 Å². The number of thioether (sulfide) groups is 2. The van der Waals surface area contributed by atoms with Gasteiger partial charge in [-0.2, -0.15) is 23.5 Å². The molecule has 2 unspecified atom stereocenters. The SMILES string of the molecule is COc1ccc(CSCC(C)C(=O)N2CC(SCCNC(=O)c3ccc(Cl)c(S(N)(=O)=O)c3)C[C@H]2C(=O)O)cc1. The van der Waals surface area contributed by atoms with Crippen molar-refractivity contribution in [2.75, 3.05) is 31.7 Å². The lowest BCUT2D eigenvalue weighted by Gasteiger charge is -2.25. The minimum Gasteiger partial charge on any atom is -0.497 e. The highest BCUT2D eigenvalue weighted by Gasteiger charge is 2.40. The summed E-state index contributed by atoms with van der Waals surface area (Å²) in [6, 6.07) is 10.6. The Balaban J connectivity index is 1.47. The van der Waals surface area contributed by atoms with Gasteiger partial charge in [-0.05, 0) is 42.3 Å². The first-order valence-electron chi connectivity index (χ1n) is 12.4. The molecule has 218 valence electrons. The fraction of sp³-hybridized carbons (Fsp3) is 0.423. The summed E-state index contributed by atoms with van der Waals surface area (Å²) in [5.41, 5.74) is 1.21. The average molecular weight is 630 g/mol. The maximum absolute atomic E-state index is 13.1. The molecular weight excluding hydrogens is 598 g/mol. The number of primary sulfonamides is 1. The number of benzene rings is 2. The zero-order valence-corrected chi connectivity index (χ0v) is 25.2. The molecule has 3 rings (SSSR count). The van der Waals surface area contributed by atoms with Crippen LogP contribution in [-0.4, -0.2) is 79.2 Å². The standard InChI is InChI=1S/C26H32ClN3O7S3/c1-16(14-38-15-17-3-6-19(37-2)7-4-17)25(32)30-13-20(12-22(30)26(33)34)39-10-9-29-24(31)18-5-8-21(27)23(11-18)40(28,35)36/h3-8,11,16,20,22H,9-10,12-15H2,1-2H3,(H,29,31)(H,33,34)(H2,28,35,36)/t16?,20?,22-/m0/s1. The summed E-state index contributed by atoms with van der Waals surface area (Å²) in [5, 5.41) is 17.4. The highest BCUT2D eigenvalue weighted by atomic mass is 35.5. The molecule has 0 saturated carbocycles. The van der Waals surface area contributed by atoms with Crippen LogP contribution < -0.4 is 15.2 Å². The van der Waals surface area contributed by atoms with Crippen LogP contribution >= 0.6 is 35.1 Å². The molecule has 0 bridgehead atoms. The number of amides is 2. The number of ether oxygens (including phenoxy) is 1. The summed E-state index contributed by atoms with van der Waals surface area (Å²) >= 11 is 8.96. The lowest BCUT2D eigenvalue weighted by Crippen LogP contribution is -2.43. The van der Waals surface area contributed by atoms with E-state index in [1.54, 1.807) is 18.9 Å². The molecule has 1 heterocycles. The molecule has 0 aliphatic carbocycles. The Bertz CT molecular complexity index is 1330. The van der Waals surface area contributed by atoms with Crippen molar-refractivity contribution < 1.29 is 32.6 Å². The normalized spacial score (nSPS) is 17.9. The van der Waals surface area contributed by atoms with Gasteiger partial charge in [0.1, 0.15) is 16.7 Å². The lowest BCUT2D eigenvalue weighted by molar-refractivity contribution is -0.149. The third kappa shape index (κ3) is 8.77. The number of hydrogen-bond donors (Lipinski definition) is 3. The van der Waals surface area contributed by atoms with Gasteiger partial charge in [-0.1, -0.05) is 30.7 Å². The molecule has 10 nitrogen and oxygen atoms in total. The highest BCUT2D eigenvalue weighted by Crippen LogP contribution is 2.30. The Hall–Kier alpha value is -2.45. The Kier molecular flexibility index (Phi) is 11.6. The first-order valence-corrected chi connectivity index (χ1v) is 16.5. The van der Waals surface area contributed by atoms with Crippen molar-refractivity contribution in [3.05, 3.63) is 58.6 Å². The summed E-state index contributed by atoms with van der Waals surface area (Å²) in [6.45, 7) is 2.39. The number of carboxylic acids is 1. The van der Waals surface area contributed by atoms with Crippen molar-refractivity contribution in [1.82, 2.24) is 10.2 Å². The largest absolute Gasteiger partial charge is 0.497 e. The molecule has 40 heavy (non-hydrogen) atoms. The van der Waals surface area contributed by atoms with Crippen molar-refractivity contribution in [2.24, 2.45) is 11.1 Å². The summed E-state index contributed by atoms with van der Waals surface area (Å²) in [5.74, 6) is 0.512. The molecule has 4 N–H and O–H groups in total. The molecule has 1 aliphatic rings. The van der Waals surface area contributed by atoms with Crippen molar-refractivity contribution in [3.63, 3.8) is 0 Å². The number of carboxylic acid groups (broad SMARTS) is 1. The van der Waals surface area contributed by atoms with Crippen molar-refractivity contribution in [2.45, 2.75) is 35.3 Å². The van der Waals surface area contributed by atoms with Crippen LogP contribution in [0.5, 0.6) is 5.75 Å². The zero-order valence-electron chi connectivity index (χ0n) is 22.0. The molecular formula is C26H32ClN3O7S3. The Morgan fingerprint density at radius 3 is 2.55 bits per heavy atom. The Morgan fingerprint density at radius 2 is 1.93 bits per heavy atom. The van der Waals surface area contributed by atoms with Crippen molar-refractivity contribution >= 4 is 62.9 Å². The number of hydrogen-bond acceptors (Lipinski definition) is 8. The van der Waals surface area contributed by atoms with Gasteiger partial charge in [0, 0.05) is 47.1 Å². The molecule has 2 amide bonds. The van der Waals surface area contributed by atoms with Crippen LogP contribution in [-0.2, 0) is 25.4 Å². The van der Waals surface area contributed by atoms with E-state index < -0.39 is 27.9 Å². The second-order valence-corrected chi connectivity index (χ2v) is 13.7. The van der Waals surface area contributed by atoms with E-state index in [4.69, 9.17) is 21.5 Å². The number of sulfonamides is 1. The zero-order chi connectivity index (χ0) is 29.4. The van der Waals surface area contributed by atoms with Crippen LogP contribution in [0.25, 0.3) is 0 Å². The van der Waals surface area contributed by atoms with E-state index in [2.05, 4.69) is 5.32 Å². The van der Waals surface area contributed by atoms with E-state index in [0.717, 1.165) is 23.1 Å². The minimum atomic E-state index is -4.08. The van der Waals surface area contributed by atoms with E-state index in [1.807, 2.05) is 31.2 Å². The van der Waals surface area contributed by atoms with E-state index in [9.17, 15) is 27.9 Å². The molecule has 14 heteroatoms. The number of nitrogens with one attached hydrogen (secondary N) is 1.